The largest absolute Gasteiger partial charge is 0.368 e. The molecule has 0 aromatic heterocycles. The van der Waals surface area contributed by atoms with Gasteiger partial charge in [-0.2, -0.15) is 0 Å². The summed E-state index contributed by atoms with van der Waals surface area (Å²) >= 11 is 6.07. The van der Waals surface area contributed by atoms with Crippen molar-refractivity contribution in [1.29, 1.82) is 5.41 Å². The lowest BCUT2D eigenvalue weighted by atomic mass is 9.86. The zero-order valence-corrected chi connectivity index (χ0v) is 17.4. The van der Waals surface area contributed by atoms with E-state index in [9.17, 15) is 8.42 Å². The van der Waals surface area contributed by atoms with Gasteiger partial charge < -0.3 is 10.6 Å². The molecule has 0 atom stereocenters. The number of rotatable bonds is 8. The van der Waals surface area contributed by atoms with Gasteiger partial charge in [0.15, 0.2) is 0 Å². The number of amidine groups is 1. The predicted molar refractivity (Wildman–Crippen MR) is 113 cm³/mol. The third-order valence-electron chi connectivity index (χ3n) is 4.76. The van der Waals surface area contributed by atoms with Gasteiger partial charge in [0.25, 0.3) is 0 Å². The molecule has 1 aromatic carbocycles. The quantitative estimate of drug-likeness (QED) is 0.386. The fourth-order valence-corrected chi connectivity index (χ4v) is 3.96. The van der Waals surface area contributed by atoms with Gasteiger partial charge in [-0.15, -0.1) is 0 Å². The first-order chi connectivity index (χ1) is 12.8. The standard InChI is InChI=1S/C19H29ClN4O2S/c1-14(2)27(25,26)23-13-15-7-9-16(10-8-15)24-19(21)11-12-22-18-6-4-3-5-17(18)20/h3-6,11-12,14-16,22-23H,7-10,13H2,1-2H3,(H2,21,24)/b12-11-/t15-,16-. The number of para-hydroxylation sites is 1. The SMILES string of the molecule is CC(C)S(=O)(=O)NC[C@H]1CC[C@H](NC(=N)/C=C\Nc2ccccc2Cl)CC1. The van der Waals surface area contributed by atoms with Gasteiger partial charge in [0.05, 0.1) is 16.0 Å². The highest BCUT2D eigenvalue weighted by Crippen LogP contribution is 2.24. The average Bonchev–Trinajstić information content (AvgIpc) is 2.62. The molecule has 0 heterocycles. The van der Waals surface area contributed by atoms with Crippen LogP contribution in [0, 0.1) is 11.3 Å². The van der Waals surface area contributed by atoms with Crippen molar-refractivity contribution in [3.05, 3.63) is 41.6 Å². The van der Waals surface area contributed by atoms with Crippen LogP contribution in [0.5, 0.6) is 0 Å². The number of benzene rings is 1. The van der Waals surface area contributed by atoms with E-state index in [1.807, 2.05) is 18.2 Å². The second-order valence-corrected chi connectivity index (χ2v) is 9.90. The van der Waals surface area contributed by atoms with Crippen LogP contribution in [0.15, 0.2) is 36.5 Å². The minimum Gasteiger partial charge on any atom is -0.368 e. The molecule has 0 radical (unpaired) electrons. The fraction of sp³-hybridized carbons (Fsp3) is 0.526. The zero-order valence-electron chi connectivity index (χ0n) is 15.8. The third-order valence-corrected chi connectivity index (χ3v) is 6.90. The highest BCUT2D eigenvalue weighted by Gasteiger charge is 2.23. The minimum absolute atomic E-state index is 0.250. The van der Waals surface area contributed by atoms with E-state index in [-0.39, 0.29) is 6.04 Å². The van der Waals surface area contributed by atoms with Crippen LogP contribution in [0.2, 0.25) is 5.02 Å². The van der Waals surface area contributed by atoms with E-state index in [1.165, 1.54) is 0 Å². The molecule has 0 unspecified atom stereocenters. The molecule has 4 N–H and O–H groups in total. The molecule has 0 amide bonds. The monoisotopic (exact) mass is 412 g/mol. The maximum atomic E-state index is 11.8. The van der Waals surface area contributed by atoms with Crippen molar-refractivity contribution >= 4 is 33.1 Å². The first-order valence-corrected chi connectivity index (χ1v) is 11.2. The molecule has 6 nitrogen and oxygen atoms in total. The van der Waals surface area contributed by atoms with Gasteiger partial charge in [-0.25, -0.2) is 13.1 Å². The molecule has 8 heteroatoms. The lowest BCUT2D eigenvalue weighted by Gasteiger charge is -2.29. The molecule has 0 spiro atoms. The number of anilines is 1. The van der Waals surface area contributed by atoms with E-state index >= 15 is 0 Å². The number of hydrogen-bond donors (Lipinski definition) is 4. The van der Waals surface area contributed by atoms with Crippen LogP contribution < -0.4 is 15.4 Å². The Kier molecular flexibility index (Phi) is 8.13. The number of sulfonamides is 1. The van der Waals surface area contributed by atoms with E-state index < -0.39 is 15.3 Å². The summed E-state index contributed by atoms with van der Waals surface area (Å²) in [6.07, 6.45) is 7.14. The van der Waals surface area contributed by atoms with Crippen molar-refractivity contribution in [2.75, 3.05) is 11.9 Å². The first kappa shape index (κ1) is 21.7. The van der Waals surface area contributed by atoms with Crippen LogP contribution in [0.1, 0.15) is 39.5 Å². The first-order valence-electron chi connectivity index (χ1n) is 9.29. The molecule has 1 aromatic rings. The molecule has 1 saturated carbocycles. The lowest BCUT2D eigenvalue weighted by molar-refractivity contribution is 0.311. The van der Waals surface area contributed by atoms with E-state index in [2.05, 4.69) is 15.4 Å². The average molecular weight is 413 g/mol. The molecule has 1 aliphatic rings. The predicted octanol–water partition coefficient (Wildman–Crippen LogP) is 3.72. The Hall–Kier alpha value is -1.57. The molecular formula is C19H29ClN4O2S. The maximum Gasteiger partial charge on any atom is 0.213 e. The zero-order chi connectivity index (χ0) is 19.9. The van der Waals surface area contributed by atoms with E-state index in [0.717, 1.165) is 31.4 Å². The van der Waals surface area contributed by atoms with Crippen LogP contribution in [0.3, 0.4) is 0 Å². The highest BCUT2D eigenvalue weighted by molar-refractivity contribution is 7.90. The number of halogens is 1. The Morgan fingerprint density at radius 3 is 2.56 bits per heavy atom. The molecule has 1 aliphatic carbocycles. The lowest BCUT2D eigenvalue weighted by Crippen LogP contribution is -2.40. The van der Waals surface area contributed by atoms with Crippen LogP contribution in [-0.2, 0) is 10.0 Å². The Balaban J connectivity index is 1.70. The van der Waals surface area contributed by atoms with Gasteiger partial charge in [-0.05, 0) is 63.7 Å². The van der Waals surface area contributed by atoms with Crippen LogP contribution in [0.4, 0.5) is 5.69 Å². The second kappa shape index (κ2) is 10.1. The highest BCUT2D eigenvalue weighted by atomic mass is 35.5. The Morgan fingerprint density at radius 1 is 1.26 bits per heavy atom. The maximum absolute atomic E-state index is 11.8. The molecule has 2 rings (SSSR count). The molecule has 150 valence electrons. The van der Waals surface area contributed by atoms with Gasteiger partial charge in [-0.1, -0.05) is 23.7 Å². The summed E-state index contributed by atoms with van der Waals surface area (Å²) < 4.78 is 26.4. The molecular weight excluding hydrogens is 384 g/mol. The van der Waals surface area contributed by atoms with Gasteiger partial charge in [0.1, 0.15) is 5.84 Å². The second-order valence-electron chi connectivity index (χ2n) is 7.18. The molecule has 0 aliphatic heterocycles. The topological polar surface area (TPSA) is 94.1 Å². The van der Waals surface area contributed by atoms with Gasteiger partial charge in [-0.3, -0.25) is 5.41 Å². The van der Waals surface area contributed by atoms with Crippen LogP contribution in [-0.4, -0.2) is 32.1 Å². The molecule has 0 bridgehead atoms. The van der Waals surface area contributed by atoms with Gasteiger partial charge >= 0.3 is 0 Å². The summed E-state index contributed by atoms with van der Waals surface area (Å²) in [5.74, 6) is 0.710. The summed E-state index contributed by atoms with van der Waals surface area (Å²) in [6.45, 7) is 3.87. The van der Waals surface area contributed by atoms with Crippen molar-refractivity contribution in [2.24, 2.45) is 5.92 Å². The van der Waals surface area contributed by atoms with Gasteiger partial charge in [0, 0.05) is 18.8 Å². The van der Waals surface area contributed by atoms with E-state index in [1.54, 1.807) is 32.2 Å². The summed E-state index contributed by atoms with van der Waals surface area (Å²) in [5.41, 5.74) is 0.799. The summed E-state index contributed by atoms with van der Waals surface area (Å²) in [6, 6.07) is 7.69. The normalized spacial score (nSPS) is 20.7. The molecule has 27 heavy (non-hydrogen) atoms. The summed E-state index contributed by atoms with van der Waals surface area (Å²) in [5, 5.41) is 14.6. The molecule has 0 saturated heterocycles. The fourth-order valence-electron chi connectivity index (χ4n) is 2.97. The summed E-state index contributed by atoms with van der Waals surface area (Å²) in [7, 11) is -3.19. The number of hydrogen-bond acceptors (Lipinski definition) is 4. The molecule has 1 fully saturated rings. The van der Waals surface area contributed by atoms with Crippen molar-refractivity contribution in [3.8, 4) is 0 Å². The van der Waals surface area contributed by atoms with E-state index in [4.69, 9.17) is 17.0 Å². The van der Waals surface area contributed by atoms with Crippen molar-refractivity contribution in [2.45, 2.75) is 50.8 Å². The van der Waals surface area contributed by atoms with E-state index in [0.29, 0.717) is 23.3 Å². The van der Waals surface area contributed by atoms with Gasteiger partial charge in [0.2, 0.25) is 10.0 Å². The van der Waals surface area contributed by atoms with Crippen molar-refractivity contribution in [3.63, 3.8) is 0 Å². The third kappa shape index (κ3) is 7.16. The van der Waals surface area contributed by atoms with Crippen molar-refractivity contribution < 1.29 is 8.42 Å². The number of nitrogens with one attached hydrogen (secondary N) is 4. The van der Waals surface area contributed by atoms with Crippen LogP contribution >= 0.6 is 11.6 Å². The Labute approximate surface area is 167 Å². The van der Waals surface area contributed by atoms with Crippen molar-refractivity contribution in [1.82, 2.24) is 10.0 Å². The minimum atomic E-state index is -3.19. The summed E-state index contributed by atoms with van der Waals surface area (Å²) in [4.78, 5) is 0. The van der Waals surface area contributed by atoms with Crippen LogP contribution in [0.25, 0.3) is 0 Å². The smallest absolute Gasteiger partial charge is 0.213 e. The Morgan fingerprint density at radius 2 is 1.93 bits per heavy atom. The Bertz CT molecular complexity index is 757.